The summed E-state index contributed by atoms with van der Waals surface area (Å²) in [6.07, 6.45) is 12.1. The van der Waals surface area contributed by atoms with E-state index in [-0.39, 0.29) is 11.8 Å². The Morgan fingerprint density at radius 1 is 1.06 bits per heavy atom. The van der Waals surface area contributed by atoms with Crippen LogP contribution in [0.1, 0.15) is 80.2 Å². The number of amides is 1. The third-order valence-corrected chi connectivity index (χ3v) is 8.83. The fraction of sp³-hybridized carbons (Fsp3) is 0.536. The summed E-state index contributed by atoms with van der Waals surface area (Å²) in [7, 11) is 1.61. The van der Waals surface area contributed by atoms with Gasteiger partial charge in [0.1, 0.15) is 7.11 Å². The number of pyridine rings is 1. The SMILES string of the molecule is CC(=O)N1CCC([C@H]2c3ncc(Br)cc3CCc3cc(Cl)cc(Br)c32)CC1.CON=C1CCCCC1. The third kappa shape index (κ3) is 6.70. The van der Waals surface area contributed by atoms with Gasteiger partial charge in [-0.05, 0) is 108 Å². The molecule has 5 rings (SSSR count). The summed E-state index contributed by atoms with van der Waals surface area (Å²) in [5.74, 6) is 0.860. The third-order valence-electron chi connectivity index (χ3n) is 7.52. The highest BCUT2D eigenvalue weighted by Crippen LogP contribution is 2.46. The predicted octanol–water partition coefficient (Wildman–Crippen LogP) is 7.70. The monoisotopic (exact) mass is 637 g/mol. The maximum atomic E-state index is 11.7. The van der Waals surface area contributed by atoms with E-state index in [1.165, 1.54) is 47.4 Å². The van der Waals surface area contributed by atoms with E-state index < -0.39 is 0 Å². The van der Waals surface area contributed by atoms with E-state index in [1.807, 2.05) is 17.2 Å². The number of rotatable bonds is 2. The van der Waals surface area contributed by atoms with E-state index in [0.29, 0.717) is 5.92 Å². The Labute approximate surface area is 236 Å². The Balaban J connectivity index is 0.000000286. The highest BCUT2D eigenvalue weighted by molar-refractivity contribution is 9.10. The summed E-state index contributed by atoms with van der Waals surface area (Å²) in [5.41, 5.74) is 6.37. The van der Waals surface area contributed by atoms with Crippen LogP contribution in [0.15, 0.2) is 38.5 Å². The van der Waals surface area contributed by atoms with Crippen molar-refractivity contribution in [2.75, 3.05) is 20.2 Å². The van der Waals surface area contributed by atoms with Gasteiger partial charge in [0.05, 0.1) is 11.4 Å². The predicted molar refractivity (Wildman–Crippen MR) is 153 cm³/mol. The van der Waals surface area contributed by atoms with Gasteiger partial charge in [0, 0.05) is 46.1 Å². The van der Waals surface area contributed by atoms with Crippen molar-refractivity contribution in [1.82, 2.24) is 9.88 Å². The molecule has 3 aliphatic rings. The highest BCUT2D eigenvalue weighted by atomic mass is 79.9. The lowest BCUT2D eigenvalue weighted by atomic mass is 9.76. The molecule has 0 unspecified atom stereocenters. The molecule has 0 bridgehead atoms. The van der Waals surface area contributed by atoms with Crippen molar-refractivity contribution in [1.29, 1.82) is 0 Å². The molecule has 2 heterocycles. The van der Waals surface area contributed by atoms with Crippen LogP contribution in [0.25, 0.3) is 0 Å². The lowest BCUT2D eigenvalue weighted by Crippen LogP contribution is -2.39. The van der Waals surface area contributed by atoms with Gasteiger partial charge in [-0.25, -0.2) is 0 Å². The van der Waals surface area contributed by atoms with Gasteiger partial charge in [-0.2, -0.15) is 0 Å². The van der Waals surface area contributed by atoms with Crippen molar-refractivity contribution < 1.29 is 9.63 Å². The highest BCUT2D eigenvalue weighted by Gasteiger charge is 2.35. The van der Waals surface area contributed by atoms with E-state index in [1.54, 1.807) is 14.0 Å². The minimum Gasteiger partial charge on any atom is -0.399 e. The first-order valence-corrected chi connectivity index (χ1v) is 14.8. The topological polar surface area (TPSA) is 54.8 Å². The number of hydrogen-bond acceptors (Lipinski definition) is 4. The van der Waals surface area contributed by atoms with Crippen molar-refractivity contribution in [2.24, 2.45) is 11.1 Å². The van der Waals surface area contributed by atoms with Crippen LogP contribution in [-0.4, -0.2) is 41.7 Å². The van der Waals surface area contributed by atoms with Crippen molar-refractivity contribution in [3.05, 3.63) is 60.7 Å². The van der Waals surface area contributed by atoms with Gasteiger partial charge in [-0.15, -0.1) is 0 Å². The van der Waals surface area contributed by atoms with Crippen molar-refractivity contribution in [3.63, 3.8) is 0 Å². The summed E-state index contributed by atoms with van der Waals surface area (Å²) in [6, 6.07) is 6.32. The molecule has 8 heteroatoms. The molecule has 2 aliphatic carbocycles. The number of benzene rings is 1. The van der Waals surface area contributed by atoms with E-state index in [9.17, 15) is 4.79 Å². The van der Waals surface area contributed by atoms with Gasteiger partial charge in [0.2, 0.25) is 5.91 Å². The molecule has 194 valence electrons. The smallest absolute Gasteiger partial charge is 0.219 e. The molecule has 2 fully saturated rings. The van der Waals surface area contributed by atoms with Gasteiger partial charge in [-0.1, -0.05) is 39.1 Å². The van der Waals surface area contributed by atoms with Gasteiger partial charge in [-0.3, -0.25) is 9.78 Å². The second-order valence-electron chi connectivity index (χ2n) is 9.88. The molecule has 0 radical (unpaired) electrons. The van der Waals surface area contributed by atoms with Crippen LogP contribution in [0, 0.1) is 5.92 Å². The number of oxime groups is 1. The number of hydrogen-bond donors (Lipinski definition) is 0. The Morgan fingerprint density at radius 2 is 1.75 bits per heavy atom. The Hall–Kier alpha value is -1.44. The average Bonchev–Trinajstić information content (AvgIpc) is 3.02. The standard InChI is InChI=1S/C21H21Br2ClN2O.C7H13NO/c1-12(27)26-6-4-13(5-7-26)20-19-14(9-17(24)10-18(19)23)2-3-15-8-16(22)11-25-21(15)20;1-9-8-7-5-3-2-4-6-7/h8-11,13,20H,2-7H2,1H3;2-6H2,1H3/t20-;/m1./s1. The number of fused-ring (bicyclic) bond motifs is 2. The number of carbonyl (C=O) groups is 1. The largest absolute Gasteiger partial charge is 0.399 e. The molecule has 2 aromatic rings. The number of carbonyl (C=O) groups excluding carboxylic acids is 1. The minimum absolute atomic E-state index is 0.171. The van der Waals surface area contributed by atoms with Crippen LogP contribution in [-0.2, 0) is 22.5 Å². The zero-order valence-corrected chi connectivity index (χ0v) is 25.0. The zero-order chi connectivity index (χ0) is 25.7. The van der Waals surface area contributed by atoms with E-state index in [4.69, 9.17) is 16.6 Å². The Kier molecular flexibility index (Phi) is 9.87. The van der Waals surface area contributed by atoms with Gasteiger partial charge >= 0.3 is 0 Å². The molecule has 1 aliphatic heterocycles. The first kappa shape index (κ1) is 27.6. The molecular weight excluding hydrogens is 606 g/mol. The number of halogens is 3. The van der Waals surface area contributed by atoms with Crippen molar-refractivity contribution in [3.8, 4) is 0 Å². The average molecular weight is 640 g/mol. The van der Waals surface area contributed by atoms with Crippen LogP contribution in [0.4, 0.5) is 0 Å². The number of nitrogens with zero attached hydrogens (tertiary/aromatic N) is 3. The first-order valence-electron chi connectivity index (χ1n) is 12.8. The van der Waals surface area contributed by atoms with Gasteiger partial charge in [0.15, 0.2) is 0 Å². The molecule has 5 nitrogen and oxygen atoms in total. The summed E-state index contributed by atoms with van der Waals surface area (Å²) >= 11 is 13.7. The molecule has 1 aromatic carbocycles. The fourth-order valence-corrected chi connectivity index (χ4v) is 7.26. The quantitative estimate of drug-likeness (QED) is 0.317. The van der Waals surface area contributed by atoms with Gasteiger partial charge < -0.3 is 9.74 Å². The normalized spacial score (nSPS) is 19.9. The van der Waals surface area contributed by atoms with Crippen molar-refractivity contribution >= 4 is 55.1 Å². The molecule has 36 heavy (non-hydrogen) atoms. The lowest BCUT2D eigenvalue weighted by molar-refractivity contribution is -0.130. The zero-order valence-electron chi connectivity index (χ0n) is 21.0. The lowest BCUT2D eigenvalue weighted by Gasteiger charge is -2.36. The second-order valence-corrected chi connectivity index (χ2v) is 12.1. The summed E-state index contributed by atoms with van der Waals surface area (Å²) in [6.45, 7) is 3.31. The molecule has 1 saturated heterocycles. The molecule has 1 amide bonds. The molecule has 1 saturated carbocycles. The number of aryl methyl sites for hydroxylation is 2. The van der Waals surface area contributed by atoms with E-state index in [0.717, 1.165) is 65.6 Å². The molecule has 0 N–H and O–H groups in total. The van der Waals surface area contributed by atoms with Crippen LogP contribution in [0.3, 0.4) is 0 Å². The van der Waals surface area contributed by atoms with Gasteiger partial charge in [0.25, 0.3) is 0 Å². The van der Waals surface area contributed by atoms with E-state index in [2.05, 4.69) is 54.0 Å². The summed E-state index contributed by atoms with van der Waals surface area (Å²) < 4.78 is 2.09. The number of likely N-dealkylation sites (tertiary alicyclic amines) is 1. The molecular formula is C28H34Br2ClN3O2. The minimum atomic E-state index is 0.171. The summed E-state index contributed by atoms with van der Waals surface area (Å²) in [4.78, 5) is 23.2. The van der Waals surface area contributed by atoms with Crippen LogP contribution < -0.4 is 0 Å². The second kappa shape index (κ2) is 12.9. The number of piperidine rings is 1. The summed E-state index contributed by atoms with van der Waals surface area (Å²) in [5, 5.41) is 4.67. The Bertz CT molecular complexity index is 1110. The Morgan fingerprint density at radius 3 is 2.42 bits per heavy atom. The maximum absolute atomic E-state index is 11.7. The van der Waals surface area contributed by atoms with Crippen LogP contribution >= 0.6 is 43.5 Å². The van der Waals surface area contributed by atoms with E-state index >= 15 is 0 Å². The first-order chi connectivity index (χ1) is 17.4. The van der Waals surface area contributed by atoms with Crippen molar-refractivity contribution in [2.45, 2.75) is 70.6 Å². The van der Waals surface area contributed by atoms with Crippen LogP contribution in [0.5, 0.6) is 0 Å². The number of aromatic nitrogens is 1. The molecule has 1 aromatic heterocycles. The van der Waals surface area contributed by atoms with Crippen LogP contribution in [0.2, 0.25) is 5.02 Å². The molecule has 0 spiro atoms. The molecule has 1 atom stereocenters. The maximum Gasteiger partial charge on any atom is 0.219 e. The fourth-order valence-electron chi connectivity index (χ4n) is 5.76.